The summed E-state index contributed by atoms with van der Waals surface area (Å²) in [5, 5.41) is 14.8. The SMILES string of the molecule is Cc1c([C@@H]2CCCN(C(=O)OC(C)(C)C)C2)[nH]c2cc(OCCNC[C@H](O)c3cccc(NS(C)(=O)=O)c3)ccc12. The van der Waals surface area contributed by atoms with Gasteiger partial charge in [-0.05, 0) is 75.9 Å². The zero-order valence-electron chi connectivity index (χ0n) is 24.5. The molecule has 41 heavy (non-hydrogen) atoms. The molecular formula is C30H42N4O6S. The first kappa shape index (κ1) is 30.7. The summed E-state index contributed by atoms with van der Waals surface area (Å²) in [6.07, 6.45) is 1.97. The van der Waals surface area contributed by atoms with Gasteiger partial charge in [0.05, 0.1) is 12.4 Å². The molecule has 0 unspecified atom stereocenters. The minimum atomic E-state index is -3.39. The number of hydrogen-bond donors (Lipinski definition) is 4. The van der Waals surface area contributed by atoms with Crippen LogP contribution in [0.1, 0.15) is 62.5 Å². The monoisotopic (exact) mass is 586 g/mol. The maximum Gasteiger partial charge on any atom is 0.410 e. The third-order valence-electron chi connectivity index (χ3n) is 7.01. The Morgan fingerprint density at radius 2 is 2.00 bits per heavy atom. The molecule has 0 radical (unpaired) electrons. The fraction of sp³-hybridized carbons (Fsp3) is 0.500. The van der Waals surface area contributed by atoms with Gasteiger partial charge < -0.3 is 29.8 Å². The number of piperidine rings is 1. The van der Waals surface area contributed by atoms with Crippen LogP contribution in [-0.2, 0) is 14.8 Å². The van der Waals surface area contributed by atoms with E-state index < -0.39 is 21.7 Å². The number of H-pyrrole nitrogens is 1. The molecule has 3 aromatic rings. The van der Waals surface area contributed by atoms with Crippen LogP contribution in [0.15, 0.2) is 42.5 Å². The summed E-state index contributed by atoms with van der Waals surface area (Å²) >= 11 is 0. The van der Waals surface area contributed by atoms with E-state index in [1.165, 1.54) is 5.56 Å². The molecule has 4 rings (SSSR count). The lowest BCUT2D eigenvalue weighted by Crippen LogP contribution is -2.42. The standard InChI is InChI=1S/C30H42N4O6S/c1-20-25-12-11-24(39-15-13-31-18-27(35)21-8-6-10-23(16-21)33-41(5,37)38)17-26(25)32-28(20)22-9-7-14-34(19-22)29(36)40-30(2,3)4/h6,8,10-12,16-17,22,27,31-33,35H,7,9,13-15,18-19H2,1-5H3/t22-,27+/m1/s1. The molecule has 224 valence electrons. The van der Waals surface area contributed by atoms with Gasteiger partial charge in [0.15, 0.2) is 0 Å². The lowest BCUT2D eigenvalue weighted by Gasteiger charge is -2.34. The minimum absolute atomic E-state index is 0.214. The number of benzene rings is 2. The molecule has 1 aliphatic rings. The average molecular weight is 587 g/mol. The van der Waals surface area contributed by atoms with Crippen LogP contribution in [0.4, 0.5) is 10.5 Å². The van der Waals surface area contributed by atoms with E-state index in [0.29, 0.717) is 44.0 Å². The molecule has 0 spiro atoms. The van der Waals surface area contributed by atoms with Crippen molar-refractivity contribution in [2.24, 2.45) is 0 Å². The van der Waals surface area contributed by atoms with Crippen LogP contribution >= 0.6 is 0 Å². The van der Waals surface area contributed by atoms with Gasteiger partial charge in [-0.3, -0.25) is 4.72 Å². The highest BCUT2D eigenvalue weighted by Gasteiger charge is 2.30. The van der Waals surface area contributed by atoms with E-state index in [1.54, 1.807) is 24.3 Å². The Balaban J connectivity index is 1.29. The van der Waals surface area contributed by atoms with Crippen LogP contribution in [0.5, 0.6) is 5.75 Å². The van der Waals surface area contributed by atoms with Gasteiger partial charge in [0.1, 0.15) is 18.0 Å². The summed E-state index contributed by atoms with van der Waals surface area (Å²) in [6, 6.07) is 12.7. The van der Waals surface area contributed by atoms with Crippen LogP contribution in [-0.4, -0.2) is 74.1 Å². The molecule has 0 saturated carbocycles. The zero-order chi connectivity index (χ0) is 29.8. The van der Waals surface area contributed by atoms with Crippen molar-refractivity contribution in [3.63, 3.8) is 0 Å². The van der Waals surface area contributed by atoms with Gasteiger partial charge in [0.25, 0.3) is 0 Å². The number of ether oxygens (including phenoxy) is 2. The number of carbonyl (C=O) groups is 1. The molecule has 2 aromatic carbocycles. The Hall–Kier alpha value is -3.28. The number of carbonyl (C=O) groups excluding carboxylic acids is 1. The lowest BCUT2D eigenvalue weighted by atomic mass is 9.92. The van der Waals surface area contributed by atoms with Gasteiger partial charge in [-0.25, -0.2) is 13.2 Å². The summed E-state index contributed by atoms with van der Waals surface area (Å²) in [5.74, 6) is 0.956. The van der Waals surface area contributed by atoms with Crippen LogP contribution in [0, 0.1) is 6.92 Å². The number of aromatic amines is 1. The van der Waals surface area contributed by atoms with Crippen LogP contribution in [0.3, 0.4) is 0 Å². The molecule has 0 bridgehead atoms. The van der Waals surface area contributed by atoms with E-state index in [4.69, 9.17) is 9.47 Å². The quantitative estimate of drug-likeness (QED) is 0.254. The molecule has 2 atom stereocenters. The number of likely N-dealkylation sites (tertiary alicyclic amines) is 1. The Morgan fingerprint density at radius 3 is 2.73 bits per heavy atom. The highest BCUT2D eigenvalue weighted by molar-refractivity contribution is 7.92. The van der Waals surface area contributed by atoms with Crippen LogP contribution in [0.25, 0.3) is 10.9 Å². The highest BCUT2D eigenvalue weighted by atomic mass is 32.2. The van der Waals surface area contributed by atoms with Gasteiger partial charge in [-0.15, -0.1) is 0 Å². The van der Waals surface area contributed by atoms with Crippen LogP contribution < -0.4 is 14.8 Å². The van der Waals surface area contributed by atoms with Crippen molar-refractivity contribution in [1.82, 2.24) is 15.2 Å². The minimum Gasteiger partial charge on any atom is -0.492 e. The van der Waals surface area contributed by atoms with E-state index in [2.05, 4.69) is 28.0 Å². The summed E-state index contributed by atoms with van der Waals surface area (Å²) in [4.78, 5) is 18.0. The van der Waals surface area contributed by atoms with Gasteiger partial charge in [0, 0.05) is 60.4 Å². The summed E-state index contributed by atoms with van der Waals surface area (Å²) in [7, 11) is -3.39. The van der Waals surface area contributed by atoms with Crippen LogP contribution in [0.2, 0.25) is 0 Å². The Labute approximate surface area is 242 Å². The second-order valence-electron chi connectivity index (χ2n) is 11.7. The third-order valence-corrected chi connectivity index (χ3v) is 7.62. The lowest BCUT2D eigenvalue weighted by molar-refractivity contribution is 0.0197. The number of rotatable bonds is 10. The topological polar surface area (TPSA) is 133 Å². The molecule has 2 heterocycles. The highest BCUT2D eigenvalue weighted by Crippen LogP contribution is 2.34. The molecular weight excluding hydrogens is 544 g/mol. The Kier molecular flexibility index (Phi) is 9.51. The van der Waals surface area contributed by atoms with Crippen molar-refractivity contribution in [2.75, 3.05) is 43.8 Å². The second-order valence-corrected chi connectivity index (χ2v) is 13.5. The molecule has 1 amide bonds. The van der Waals surface area contributed by atoms with Crippen molar-refractivity contribution >= 4 is 32.7 Å². The van der Waals surface area contributed by atoms with E-state index in [0.717, 1.165) is 41.4 Å². The molecule has 1 saturated heterocycles. The maximum atomic E-state index is 12.6. The number of hydrogen-bond acceptors (Lipinski definition) is 7. The zero-order valence-corrected chi connectivity index (χ0v) is 25.3. The average Bonchev–Trinajstić information content (AvgIpc) is 3.22. The van der Waals surface area contributed by atoms with Gasteiger partial charge in [0.2, 0.25) is 10.0 Å². The first-order chi connectivity index (χ1) is 19.3. The Bertz CT molecular complexity index is 1460. The normalized spacial score (nSPS) is 16.9. The number of aryl methyl sites for hydroxylation is 1. The van der Waals surface area contributed by atoms with Gasteiger partial charge >= 0.3 is 6.09 Å². The first-order valence-corrected chi connectivity index (χ1v) is 15.9. The van der Waals surface area contributed by atoms with Crippen molar-refractivity contribution in [3.05, 3.63) is 59.3 Å². The molecule has 1 aliphatic heterocycles. The van der Waals surface area contributed by atoms with E-state index in [9.17, 15) is 18.3 Å². The van der Waals surface area contributed by atoms with Crippen molar-refractivity contribution in [1.29, 1.82) is 0 Å². The largest absolute Gasteiger partial charge is 0.492 e. The number of nitrogens with one attached hydrogen (secondary N) is 3. The predicted molar refractivity (Wildman–Crippen MR) is 161 cm³/mol. The summed E-state index contributed by atoms with van der Waals surface area (Å²) < 4.78 is 36.9. The maximum absolute atomic E-state index is 12.6. The summed E-state index contributed by atoms with van der Waals surface area (Å²) in [5.41, 5.74) is 3.84. The van der Waals surface area contributed by atoms with Crippen molar-refractivity contribution in [3.8, 4) is 5.75 Å². The molecule has 1 aromatic heterocycles. The summed E-state index contributed by atoms with van der Waals surface area (Å²) in [6.45, 7) is 10.3. The fourth-order valence-electron chi connectivity index (χ4n) is 5.16. The molecule has 10 nitrogen and oxygen atoms in total. The number of aliphatic hydroxyl groups is 1. The molecule has 1 fully saturated rings. The van der Waals surface area contributed by atoms with Crippen molar-refractivity contribution in [2.45, 2.75) is 58.2 Å². The number of fused-ring (bicyclic) bond motifs is 1. The number of amides is 1. The smallest absolute Gasteiger partial charge is 0.410 e. The predicted octanol–water partition coefficient (Wildman–Crippen LogP) is 4.66. The van der Waals surface area contributed by atoms with E-state index >= 15 is 0 Å². The second kappa shape index (κ2) is 12.7. The molecule has 11 heteroatoms. The van der Waals surface area contributed by atoms with E-state index in [1.807, 2.05) is 37.8 Å². The number of sulfonamides is 1. The molecule has 0 aliphatic carbocycles. The van der Waals surface area contributed by atoms with Crippen molar-refractivity contribution < 1.29 is 27.8 Å². The number of anilines is 1. The number of aromatic nitrogens is 1. The fourth-order valence-corrected chi connectivity index (χ4v) is 5.72. The number of aliphatic hydroxyl groups excluding tert-OH is 1. The van der Waals surface area contributed by atoms with Gasteiger partial charge in [-0.1, -0.05) is 12.1 Å². The Morgan fingerprint density at radius 1 is 1.22 bits per heavy atom. The van der Waals surface area contributed by atoms with Gasteiger partial charge in [-0.2, -0.15) is 0 Å². The molecule has 4 N–H and O–H groups in total. The first-order valence-electron chi connectivity index (χ1n) is 14.0. The third kappa shape index (κ3) is 8.61. The van der Waals surface area contributed by atoms with E-state index in [-0.39, 0.29) is 12.0 Å². The number of nitrogens with zero attached hydrogens (tertiary/aromatic N) is 1.